The highest BCUT2D eigenvalue weighted by atomic mass is 16.5. The van der Waals surface area contributed by atoms with Crippen molar-refractivity contribution in [1.29, 1.82) is 0 Å². The summed E-state index contributed by atoms with van der Waals surface area (Å²) in [5.74, 6) is 0.695. The normalized spacial score (nSPS) is 15.7. The summed E-state index contributed by atoms with van der Waals surface area (Å²) in [6.07, 6.45) is 2.03. The fraction of sp³-hybridized carbons (Fsp3) is 0.458. The fourth-order valence-corrected chi connectivity index (χ4v) is 3.52. The zero-order valence-electron chi connectivity index (χ0n) is 16.8. The van der Waals surface area contributed by atoms with E-state index in [-0.39, 0.29) is 11.3 Å². The molecule has 0 aliphatic carbocycles. The van der Waals surface area contributed by atoms with Crippen molar-refractivity contribution in [3.8, 4) is 0 Å². The minimum Gasteiger partial charge on any atom is -0.376 e. The van der Waals surface area contributed by atoms with Crippen LogP contribution in [0.25, 0.3) is 0 Å². The molecule has 1 amide bonds. The Balaban J connectivity index is 1.45. The monoisotopic (exact) mass is 365 g/mol. The van der Waals surface area contributed by atoms with Crippen LogP contribution in [0.15, 0.2) is 54.6 Å². The average Bonchev–Trinajstić information content (AvgIpc) is 2.68. The van der Waals surface area contributed by atoms with Crippen LogP contribution in [0.1, 0.15) is 55.1 Å². The number of ether oxygens (including phenoxy) is 1. The largest absolute Gasteiger partial charge is 0.376 e. The van der Waals surface area contributed by atoms with Crippen LogP contribution in [-0.2, 0) is 16.8 Å². The lowest BCUT2D eigenvalue weighted by molar-refractivity contribution is 0.0478. The number of carbonyl (C=O) groups excluding carboxylic acids is 1. The molecule has 0 aromatic heterocycles. The van der Waals surface area contributed by atoms with Crippen molar-refractivity contribution in [2.24, 2.45) is 5.92 Å². The number of nitrogens with zero attached hydrogens (tertiary/aromatic N) is 1. The molecule has 0 radical (unpaired) electrons. The maximum Gasteiger partial charge on any atom is 0.253 e. The second kappa shape index (κ2) is 8.71. The van der Waals surface area contributed by atoms with Crippen molar-refractivity contribution in [2.45, 2.75) is 45.6 Å². The van der Waals surface area contributed by atoms with Gasteiger partial charge in [-0.3, -0.25) is 4.79 Å². The van der Waals surface area contributed by atoms with Gasteiger partial charge >= 0.3 is 0 Å². The molecule has 27 heavy (non-hydrogen) atoms. The molecule has 0 atom stereocenters. The highest BCUT2D eigenvalue weighted by Crippen LogP contribution is 2.24. The van der Waals surface area contributed by atoms with Gasteiger partial charge in [0.05, 0.1) is 6.61 Å². The summed E-state index contributed by atoms with van der Waals surface area (Å²) in [6.45, 7) is 9.65. The second-order valence-electron chi connectivity index (χ2n) is 8.56. The molecule has 3 nitrogen and oxygen atoms in total. The van der Waals surface area contributed by atoms with Gasteiger partial charge < -0.3 is 9.64 Å². The molecular formula is C24H31NO2. The van der Waals surface area contributed by atoms with E-state index in [2.05, 4.69) is 45.0 Å². The van der Waals surface area contributed by atoms with Crippen molar-refractivity contribution in [2.75, 3.05) is 19.7 Å². The van der Waals surface area contributed by atoms with E-state index in [4.69, 9.17) is 4.74 Å². The van der Waals surface area contributed by atoms with Gasteiger partial charge in [0.25, 0.3) is 5.91 Å². The van der Waals surface area contributed by atoms with E-state index in [1.165, 1.54) is 11.1 Å². The Bertz CT molecular complexity index is 723. The van der Waals surface area contributed by atoms with Gasteiger partial charge in [-0.25, -0.2) is 0 Å². The number of carbonyl (C=O) groups is 1. The molecule has 0 unspecified atom stereocenters. The lowest BCUT2D eigenvalue weighted by Crippen LogP contribution is -2.39. The Morgan fingerprint density at radius 2 is 1.63 bits per heavy atom. The summed E-state index contributed by atoms with van der Waals surface area (Å²) in [6, 6.07) is 18.4. The van der Waals surface area contributed by atoms with Gasteiger partial charge in [-0.2, -0.15) is 0 Å². The first-order valence-electron chi connectivity index (χ1n) is 9.95. The van der Waals surface area contributed by atoms with Gasteiger partial charge in [0, 0.05) is 25.3 Å². The predicted octanol–water partition coefficient (Wildman–Crippen LogP) is 5.05. The van der Waals surface area contributed by atoms with Gasteiger partial charge in [0.1, 0.15) is 0 Å². The molecule has 144 valence electrons. The van der Waals surface area contributed by atoms with Crippen molar-refractivity contribution in [3.05, 3.63) is 71.3 Å². The lowest BCUT2D eigenvalue weighted by atomic mass is 9.86. The summed E-state index contributed by atoms with van der Waals surface area (Å²) in [4.78, 5) is 14.7. The van der Waals surface area contributed by atoms with Gasteiger partial charge in [0.2, 0.25) is 0 Å². The maximum atomic E-state index is 12.8. The highest BCUT2D eigenvalue weighted by molar-refractivity contribution is 5.94. The van der Waals surface area contributed by atoms with E-state index in [0.29, 0.717) is 12.5 Å². The molecule has 1 aliphatic rings. The summed E-state index contributed by atoms with van der Waals surface area (Å²) in [5, 5.41) is 0. The van der Waals surface area contributed by atoms with Gasteiger partial charge in [0.15, 0.2) is 0 Å². The summed E-state index contributed by atoms with van der Waals surface area (Å²) in [5.41, 5.74) is 3.37. The Morgan fingerprint density at radius 3 is 2.22 bits per heavy atom. The van der Waals surface area contributed by atoms with Crippen LogP contribution in [-0.4, -0.2) is 30.5 Å². The van der Waals surface area contributed by atoms with Crippen LogP contribution in [0.4, 0.5) is 0 Å². The Labute approximate surface area is 163 Å². The Hall–Kier alpha value is -2.13. The third-order valence-electron chi connectivity index (χ3n) is 5.36. The van der Waals surface area contributed by atoms with Crippen molar-refractivity contribution in [3.63, 3.8) is 0 Å². The molecule has 3 rings (SSSR count). The summed E-state index contributed by atoms with van der Waals surface area (Å²) >= 11 is 0. The minimum atomic E-state index is 0.111. The van der Waals surface area contributed by atoms with Crippen LogP contribution < -0.4 is 0 Å². The molecule has 3 heteroatoms. The average molecular weight is 366 g/mol. The fourth-order valence-electron chi connectivity index (χ4n) is 3.52. The van der Waals surface area contributed by atoms with Crippen LogP contribution in [0.2, 0.25) is 0 Å². The number of hydrogen-bond acceptors (Lipinski definition) is 2. The maximum absolute atomic E-state index is 12.8. The van der Waals surface area contributed by atoms with Crippen LogP contribution >= 0.6 is 0 Å². The first-order valence-corrected chi connectivity index (χ1v) is 9.95. The number of likely N-dealkylation sites (tertiary alicyclic amines) is 1. The van der Waals surface area contributed by atoms with Gasteiger partial charge in [-0.15, -0.1) is 0 Å². The molecule has 2 aromatic rings. The molecule has 1 fully saturated rings. The minimum absolute atomic E-state index is 0.111. The molecule has 0 spiro atoms. The SMILES string of the molecule is CC(C)(C)c1ccc(C(=O)N2CCC(COCc3ccccc3)CC2)cc1. The smallest absolute Gasteiger partial charge is 0.253 e. The zero-order chi connectivity index (χ0) is 19.3. The Kier molecular flexibility index (Phi) is 6.33. The number of hydrogen-bond donors (Lipinski definition) is 0. The predicted molar refractivity (Wildman–Crippen MR) is 110 cm³/mol. The number of benzene rings is 2. The van der Waals surface area contributed by atoms with Gasteiger partial charge in [-0.1, -0.05) is 63.2 Å². The van der Waals surface area contributed by atoms with E-state index < -0.39 is 0 Å². The zero-order valence-corrected chi connectivity index (χ0v) is 16.8. The molecule has 0 saturated carbocycles. The van der Waals surface area contributed by atoms with Crippen LogP contribution in [0.5, 0.6) is 0 Å². The number of rotatable bonds is 5. The third-order valence-corrected chi connectivity index (χ3v) is 5.36. The number of piperidine rings is 1. The van der Waals surface area contributed by atoms with Crippen LogP contribution in [0.3, 0.4) is 0 Å². The Morgan fingerprint density at radius 1 is 1.00 bits per heavy atom. The first kappa shape index (κ1) is 19.6. The molecule has 1 aliphatic heterocycles. The summed E-state index contributed by atoms with van der Waals surface area (Å²) < 4.78 is 5.88. The molecule has 0 N–H and O–H groups in total. The standard InChI is InChI=1S/C24H31NO2/c1-24(2,3)22-11-9-21(10-12-22)23(26)25-15-13-20(14-16-25)18-27-17-19-7-5-4-6-8-19/h4-12,20H,13-18H2,1-3H3. The molecular weight excluding hydrogens is 334 g/mol. The van der Waals surface area contributed by atoms with E-state index in [1.807, 2.05) is 35.2 Å². The quantitative estimate of drug-likeness (QED) is 0.742. The third kappa shape index (κ3) is 5.43. The second-order valence-corrected chi connectivity index (χ2v) is 8.56. The first-order chi connectivity index (χ1) is 12.9. The van der Waals surface area contributed by atoms with Crippen molar-refractivity contribution in [1.82, 2.24) is 4.90 Å². The van der Waals surface area contributed by atoms with Crippen molar-refractivity contribution >= 4 is 5.91 Å². The van der Waals surface area contributed by atoms with E-state index in [9.17, 15) is 4.79 Å². The molecule has 1 heterocycles. The lowest BCUT2D eigenvalue weighted by Gasteiger charge is -2.32. The molecule has 1 saturated heterocycles. The topological polar surface area (TPSA) is 29.5 Å². The number of amides is 1. The van der Waals surface area contributed by atoms with E-state index >= 15 is 0 Å². The van der Waals surface area contributed by atoms with Gasteiger partial charge in [-0.05, 0) is 47.4 Å². The van der Waals surface area contributed by atoms with Crippen molar-refractivity contribution < 1.29 is 9.53 Å². The molecule has 2 aromatic carbocycles. The van der Waals surface area contributed by atoms with E-state index in [1.54, 1.807) is 0 Å². The van der Waals surface area contributed by atoms with E-state index in [0.717, 1.165) is 38.1 Å². The summed E-state index contributed by atoms with van der Waals surface area (Å²) in [7, 11) is 0. The molecule has 0 bridgehead atoms. The van der Waals surface area contributed by atoms with Crippen LogP contribution in [0, 0.1) is 5.92 Å². The highest BCUT2D eigenvalue weighted by Gasteiger charge is 2.24.